The summed E-state index contributed by atoms with van der Waals surface area (Å²) in [5.41, 5.74) is 2.92. The summed E-state index contributed by atoms with van der Waals surface area (Å²) >= 11 is 0. The first-order chi connectivity index (χ1) is 9.22. The molecule has 1 atom stereocenters. The summed E-state index contributed by atoms with van der Waals surface area (Å²) in [7, 11) is 3.49. The van der Waals surface area contributed by atoms with Gasteiger partial charge in [0.15, 0.2) is 0 Å². The number of amides is 1. The molecule has 0 aromatic heterocycles. The van der Waals surface area contributed by atoms with Gasteiger partial charge in [0.1, 0.15) is 5.75 Å². The topological polar surface area (TPSA) is 29.5 Å². The van der Waals surface area contributed by atoms with Crippen molar-refractivity contribution in [3.8, 4) is 5.75 Å². The highest BCUT2D eigenvalue weighted by molar-refractivity contribution is 5.99. The Balaban J connectivity index is 2.12. The number of benzene rings is 2. The zero-order valence-corrected chi connectivity index (χ0v) is 11.0. The molecule has 2 aromatic carbocycles. The fourth-order valence-electron chi connectivity index (χ4n) is 2.66. The van der Waals surface area contributed by atoms with Crippen molar-refractivity contribution in [1.29, 1.82) is 0 Å². The van der Waals surface area contributed by atoms with E-state index in [0.717, 1.165) is 22.4 Å². The summed E-state index contributed by atoms with van der Waals surface area (Å²) in [6.45, 7) is 0. The summed E-state index contributed by atoms with van der Waals surface area (Å²) in [6, 6.07) is 15.6. The van der Waals surface area contributed by atoms with Gasteiger partial charge in [-0.05, 0) is 29.3 Å². The van der Waals surface area contributed by atoms with Gasteiger partial charge in [0, 0.05) is 12.6 Å². The number of carbonyl (C=O) groups is 1. The molecule has 0 radical (unpaired) electrons. The van der Waals surface area contributed by atoms with E-state index < -0.39 is 0 Å². The first-order valence-electron chi connectivity index (χ1n) is 6.22. The second-order valence-electron chi connectivity index (χ2n) is 4.68. The van der Waals surface area contributed by atoms with E-state index in [4.69, 9.17) is 4.74 Å². The smallest absolute Gasteiger partial charge is 0.254 e. The van der Waals surface area contributed by atoms with Crippen molar-refractivity contribution in [3.05, 3.63) is 65.2 Å². The summed E-state index contributed by atoms with van der Waals surface area (Å²) in [4.78, 5) is 14.0. The van der Waals surface area contributed by atoms with Crippen molar-refractivity contribution >= 4 is 5.91 Å². The predicted octanol–water partition coefficient (Wildman–Crippen LogP) is 2.87. The zero-order valence-electron chi connectivity index (χ0n) is 11.0. The van der Waals surface area contributed by atoms with E-state index in [1.807, 2.05) is 55.6 Å². The Morgan fingerprint density at radius 3 is 2.68 bits per heavy atom. The van der Waals surface area contributed by atoms with Crippen LogP contribution in [-0.2, 0) is 0 Å². The molecule has 0 aliphatic carbocycles. The number of nitrogens with zero attached hydrogens (tertiary/aromatic N) is 1. The van der Waals surface area contributed by atoms with Crippen LogP contribution in [0.25, 0.3) is 0 Å². The maximum Gasteiger partial charge on any atom is 0.254 e. The van der Waals surface area contributed by atoms with Gasteiger partial charge in [-0.2, -0.15) is 0 Å². The third-order valence-corrected chi connectivity index (χ3v) is 3.60. The molecule has 1 heterocycles. The molecule has 0 saturated carbocycles. The van der Waals surface area contributed by atoms with Crippen molar-refractivity contribution < 1.29 is 9.53 Å². The summed E-state index contributed by atoms with van der Waals surface area (Å²) < 4.78 is 5.26. The first kappa shape index (κ1) is 11.8. The second-order valence-corrected chi connectivity index (χ2v) is 4.68. The summed E-state index contributed by atoms with van der Waals surface area (Å²) in [5, 5.41) is 0. The molecule has 1 amide bonds. The average molecular weight is 253 g/mol. The Hall–Kier alpha value is -2.29. The third kappa shape index (κ3) is 1.78. The van der Waals surface area contributed by atoms with Gasteiger partial charge in [0.2, 0.25) is 0 Å². The minimum Gasteiger partial charge on any atom is -0.497 e. The highest BCUT2D eigenvalue weighted by Crippen LogP contribution is 2.37. The van der Waals surface area contributed by atoms with Crippen LogP contribution in [-0.4, -0.2) is 25.0 Å². The van der Waals surface area contributed by atoms with E-state index in [1.54, 1.807) is 12.0 Å². The molecular weight excluding hydrogens is 238 g/mol. The second kappa shape index (κ2) is 4.43. The van der Waals surface area contributed by atoms with E-state index in [9.17, 15) is 4.79 Å². The Morgan fingerprint density at radius 1 is 1.11 bits per heavy atom. The first-order valence-corrected chi connectivity index (χ1v) is 6.22. The molecule has 3 nitrogen and oxygen atoms in total. The lowest BCUT2D eigenvalue weighted by atomic mass is 9.98. The van der Waals surface area contributed by atoms with Crippen LogP contribution in [0.15, 0.2) is 48.5 Å². The molecule has 0 saturated heterocycles. The quantitative estimate of drug-likeness (QED) is 0.823. The normalized spacial score (nSPS) is 17.5. The number of carbonyl (C=O) groups excluding carboxylic acids is 1. The largest absolute Gasteiger partial charge is 0.497 e. The number of methoxy groups -OCH3 is 1. The van der Waals surface area contributed by atoms with Crippen LogP contribution < -0.4 is 4.74 Å². The lowest BCUT2D eigenvalue weighted by molar-refractivity contribution is 0.0793. The maximum atomic E-state index is 12.2. The van der Waals surface area contributed by atoms with Crippen LogP contribution in [0.2, 0.25) is 0 Å². The molecule has 0 bridgehead atoms. The van der Waals surface area contributed by atoms with E-state index in [-0.39, 0.29) is 11.9 Å². The minimum atomic E-state index is -0.0289. The number of ether oxygens (including phenoxy) is 1. The van der Waals surface area contributed by atoms with Gasteiger partial charge in [-0.25, -0.2) is 0 Å². The van der Waals surface area contributed by atoms with Crippen molar-refractivity contribution in [2.24, 2.45) is 0 Å². The Kier molecular flexibility index (Phi) is 2.75. The highest BCUT2D eigenvalue weighted by atomic mass is 16.5. The van der Waals surface area contributed by atoms with Crippen LogP contribution in [0.4, 0.5) is 0 Å². The van der Waals surface area contributed by atoms with Crippen LogP contribution in [0.3, 0.4) is 0 Å². The molecule has 1 unspecified atom stereocenters. The van der Waals surface area contributed by atoms with E-state index >= 15 is 0 Å². The number of fused-ring (bicyclic) bond motifs is 1. The van der Waals surface area contributed by atoms with E-state index in [1.165, 1.54) is 0 Å². The predicted molar refractivity (Wildman–Crippen MR) is 73.4 cm³/mol. The van der Waals surface area contributed by atoms with Gasteiger partial charge in [0.05, 0.1) is 13.2 Å². The highest BCUT2D eigenvalue weighted by Gasteiger charge is 2.34. The van der Waals surface area contributed by atoms with Gasteiger partial charge >= 0.3 is 0 Å². The van der Waals surface area contributed by atoms with Crippen molar-refractivity contribution in [3.63, 3.8) is 0 Å². The minimum absolute atomic E-state index is 0.0289. The summed E-state index contributed by atoms with van der Waals surface area (Å²) in [6.07, 6.45) is 0. The Bertz CT molecular complexity index is 636. The SMILES string of the molecule is COc1cccc(C2c3ccccc3C(=O)N2C)c1. The third-order valence-electron chi connectivity index (χ3n) is 3.60. The van der Waals surface area contributed by atoms with Crippen molar-refractivity contribution in [2.45, 2.75) is 6.04 Å². The number of rotatable bonds is 2. The fraction of sp³-hybridized carbons (Fsp3) is 0.188. The number of hydrogen-bond acceptors (Lipinski definition) is 2. The zero-order chi connectivity index (χ0) is 13.4. The fourth-order valence-corrected chi connectivity index (χ4v) is 2.66. The van der Waals surface area contributed by atoms with Crippen molar-refractivity contribution in [1.82, 2.24) is 4.90 Å². The van der Waals surface area contributed by atoms with E-state index in [2.05, 4.69) is 0 Å². The molecule has 3 rings (SSSR count). The molecular formula is C16H15NO2. The number of hydrogen-bond donors (Lipinski definition) is 0. The van der Waals surface area contributed by atoms with Gasteiger partial charge in [-0.1, -0.05) is 30.3 Å². The molecule has 0 fully saturated rings. The maximum absolute atomic E-state index is 12.2. The van der Waals surface area contributed by atoms with Crippen molar-refractivity contribution in [2.75, 3.05) is 14.2 Å². The van der Waals surface area contributed by atoms with Gasteiger partial charge < -0.3 is 9.64 Å². The molecule has 0 N–H and O–H groups in total. The van der Waals surface area contributed by atoms with Crippen LogP contribution in [0.5, 0.6) is 5.75 Å². The van der Waals surface area contributed by atoms with Gasteiger partial charge in [0.25, 0.3) is 5.91 Å². The molecule has 1 aliphatic rings. The molecule has 1 aliphatic heterocycles. The van der Waals surface area contributed by atoms with Crippen LogP contribution in [0.1, 0.15) is 27.5 Å². The Labute approximate surface area is 112 Å². The van der Waals surface area contributed by atoms with Gasteiger partial charge in [-0.3, -0.25) is 4.79 Å². The molecule has 2 aromatic rings. The summed E-state index contributed by atoms with van der Waals surface area (Å²) in [5.74, 6) is 0.881. The van der Waals surface area contributed by atoms with Gasteiger partial charge in [-0.15, -0.1) is 0 Å². The molecule has 3 heteroatoms. The average Bonchev–Trinajstić information content (AvgIpc) is 2.72. The molecule has 96 valence electrons. The lowest BCUT2D eigenvalue weighted by Crippen LogP contribution is -2.23. The van der Waals surface area contributed by atoms with Crippen LogP contribution in [0, 0.1) is 0 Å². The molecule has 19 heavy (non-hydrogen) atoms. The van der Waals surface area contributed by atoms with Crippen LogP contribution >= 0.6 is 0 Å². The Morgan fingerprint density at radius 2 is 1.89 bits per heavy atom. The van der Waals surface area contributed by atoms with E-state index in [0.29, 0.717) is 0 Å². The monoisotopic (exact) mass is 253 g/mol. The lowest BCUT2D eigenvalue weighted by Gasteiger charge is -2.21. The molecule has 0 spiro atoms. The standard InChI is InChI=1S/C16H15NO2/c1-17-15(11-6-5-7-12(10-11)19-2)13-8-3-4-9-14(13)16(17)18/h3-10,15H,1-2H3.